The summed E-state index contributed by atoms with van der Waals surface area (Å²) in [6.45, 7) is 6.69. The number of carbonyl (C=O) groups excluding carboxylic acids is 4. The van der Waals surface area contributed by atoms with Crippen molar-refractivity contribution in [1.29, 1.82) is 0 Å². The van der Waals surface area contributed by atoms with Crippen LogP contribution in [0.2, 0.25) is 0 Å². The molecule has 5 fully saturated rings. The number of Topliss-reactive ketones (excluding diaryl/α,β-unsaturated/α-hetero) is 1. The predicted molar refractivity (Wildman–Crippen MR) is 212 cm³/mol. The van der Waals surface area contributed by atoms with E-state index in [0.29, 0.717) is 73.5 Å². The quantitative estimate of drug-likeness (QED) is 0.257. The van der Waals surface area contributed by atoms with Crippen molar-refractivity contribution in [3.63, 3.8) is 0 Å². The number of pyridine rings is 1. The molecule has 0 bridgehead atoms. The van der Waals surface area contributed by atoms with Crippen molar-refractivity contribution >= 4 is 44.4 Å². The first-order chi connectivity index (χ1) is 27.7. The first-order valence-corrected chi connectivity index (χ1v) is 22.8. The molecule has 7 aliphatic rings. The van der Waals surface area contributed by atoms with E-state index in [2.05, 4.69) is 16.6 Å². The van der Waals surface area contributed by atoms with Crippen LogP contribution >= 0.6 is 0 Å². The Morgan fingerprint density at radius 3 is 2.53 bits per heavy atom. The van der Waals surface area contributed by atoms with Crippen LogP contribution in [-0.4, -0.2) is 84.6 Å². The van der Waals surface area contributed by atoms with Crippen molar-refractivity contribution in [2.75, 3.05) is 19.8 Å². The van der Waals surface area contributed by atoms with Crippen LogP contribution in [0.15, 0.2) is 36.5 Å². The van der Waals surface area contributed by atoms with Crippen LogP contribution in [0.4, 0.5) is 0 Å². The van der Waals surface area contributed by atoms with Gasteiger partial charge in [-0.1, -0.05) is 26.0 Å². The summed E-state index contributed by atoms with van der Waals surface area (Å²) in [6, 6.07) is 4.52. The number of ether oxygens (including phenoxy) is 4. The summed E-state index contributed by atoms with van der Waals surface area (Å²) in [5.74, 6) is 0.0693. The Morgan fingerprint density at radius 2 is 1.76 bits per heavy atom. The number of benzene rings is 1. The molecule has 2 aromatic rings. The number of amides is 2. The SMILES string of the molecule is C[C@H]1CC/C=C\[C@@H]2C[C@@]2(C(=O)NS(=O)(=O)C2(C)CC2)CC(=O)[C@@H]2C[C@@H](Oc3nccc4c5c(ccc34)OCCO5)CN2C(=O)[C@@H](CC(=O)OC2C[C@@H]3C[C@@H]3C2)[C@H](C)C1. The number of fused-ring (bicyclic) bond motifs is 6. The van der Waals surface area contributed by atoms with Crippen molar-refractivity contribution in [2.24, 2.45) is 40.9 Å². The molecule has 1 aromatic heterocycles. The van der Waals surface area contributed by atoms with Crippen LogP contribution in [0.1, 0.15) is 97.8 Å². The number of allylic oxidation sites excluding steroid dienone is 2. The summed E-state index contributed by atoms with van der Waals surface area (Å²) >= 11 is 0. The molecule has 1 saturated heterocycles. The van der Waals surface area contributed by atoms with E-state index in [4.69, 9.17) is 18.9 Å². The van der Waals surface area contributed by atoms with Gasteiger partial charge in [0.2, 0.25) is 27.7 Å². The molecule has 3 aliphatic heterocycles. The maximum atomic E-state index is 15.0. The standard InChI is InChI=1S/C44H55N3O10S/c1-25-6-4-5-7-29-22-44(29,42(51)46-58(52,53)43(3)11-12-43)23-36(48)35-20-31(57-40-33-8-9-37-39(55-15-14-54-37)32(33)10-13-45-40)24-47(35)41(50)34(26(2)16-25)21-38(49)56-30-18-27-17-28(27)19-30/h5,7-10,13,25-31,34-35H,4,6,11-12,14-24H2,1-3H3,(H,46,51)/b7-5-/t25-,26+,27-,28+,29+,30?,31+,34-,35-,44+/m0/s1. The van der Waals surface area contributed by atoms with Gasteiger partial charge in [0.1, 0.15) is 25.4 Å². The molecule has 14 heteroatoms. The molecule has 1 unspecified atom stereocenters. The lowest BCUT2D eigenvalue weighted by atomic mass is 9.82. The number of rotatable bonds is 8. The molecule has 0 radical (unpaired) electrons. The van der Waals surface area contributed by atoms with Gasteiger partial charge in [0.15, 0.2) is 17.3 Å². The molecular formula is C44H55N3O10S. The lowest BCUT2D eigenvalue weighted by molar-refractivity contribution is -0.155. The number of carbonyl (C=O) groups is 4. The van der Waals surface area contributed by atoms with Crippen molar-refractivity contribution in [1.82, 2.24) is 14.6 Å². The molecule has 4 saturated carbocycles. The molecule has 58 heavy (non-hydrogen) atoms. The van der Waals surface area contributed by atoms with Gasteiger partial charge in [0.05, 0.1) is 35.1 Å². The zero-order valence-corrected chi connectivity index (χ0v) is 34.5. The van der Waals surface area contributed by atoms with Gasteiger partial charge in [0, 0.05) is 29.8 Å². The van der Waals surface area contributed by atoms with Gasteiger partial charge in [-0.3, -0.25) is 23.9 Å². The van der Waals surface area contributed by atoms with E-state index in [1.54, 1.807) is 18.0 Å². The summed E-state index contributed by atoms with van der Waals surface area (Å²) in [5, 5.41) is 1.45. The minimum Gasteiger partial charge on any atom is -0.486 e. The highest BCUT2D eigenvalue weighted by Crippen LogP contribution is 2.58. The minimum absolute atomic E-state index is 0.0624. The van der Waals surface area contributed by atoms with Gasteiger partial charge in [-0.2, -0.15) is 0 Å². The van der Waals surface area contributed by atoms with Gasteiger partial charge in [-0.15, -0.1) is 0 Å². The highest BCUT2D eigenvalue weighted by molar-refractivity contribution is 7.91. The zero-order chi connectivity index (χ0) is 40.6. The van der Waals surface area contributed by atoms with E-state index in [1.165, 1.54) is 6.42 Å². The van der Waals surface area contributed by atoms with E-state index >= 15 is 4.79 Å². The third kappa shape index (κ3) is 7.47. The first kappa shape index (κ1) is 39.3. The number of ketones is 1. The second-order valence-electron chi connectivity index (χ2n) is 18.8. The summed E-state index contributed by atoms with van der Waals surface area (Å²) in [7, 11) is -3.95. The van der Waals surface area contributed by atoms with Crippen LogP contribution in [-0.2, 0) is 33.9 Å². The Morgan fingerprint density at radius 1 is 0.983 bits per heavy atom. The number of sulfonamides is 1. The highest BCUT2D eigenvalue weighted by atomic mass is 32.2. The van der Waals surface area contributed by atoms with Gasteiger partial charge < -0.3 is 23.8 Å². The monoisotopic (exact) mass is 817 g/mol. The van der Waals surface area contributed by atoms with E-state index < -0.39 is 50.1 Å². The smallest absolute Gasteiger partial charge is 0.306 e. The lowest BCUT2D eigenvalue weighted by Crippen LogP contribution is -2.48. The second-order valence-corrected chi connectivity index (χ2v) is 20.9. The number of hydrogen-bond acceptors (Lipinski definition) is 11. The lowest BCUT2D eigenvalue weighted by Gasteiger charge is -2.32. The fourth-order valence-electron chi connectivity index (χ4n) is 10.2. The van der Waals surface area contributed by atoms with Crippen LogP contribution in [0.25, 0.3) is 10.8 Å². The van der Waals surface area contributed by atoms with Crippen LogP contribution in [0, 0.1) is 40.9 Å². The predicted octanol–water partition coefficient (Wildman–Crippen LogP) is 5.68. The van der Waals surface area contributed by atoms with E-state index in [0.717, 1.165) is 31.1 Å². The molecule has 1 N–H and O–H groups in total. The molecular weight excluding hydrogens is 763 g/mol. The number of nitrogens with zero attached hydrogens (tertiary/aromatic N) is 2. The van der Waals surface area contributed by atoms with Crippen molar-refractivity contribution in [2.45, 2.75) is 121 Å². The zero-order valence-electron chi connectivity index (χ0n) is 33.7. The maximum Gasteiger partial charge on any atom is 0.306 e. The highest BCUT2D eigenvalue weighted by Gasteiger charge is 2.63. The molecule has 1 aromatic carbocycles. The summed E-state index contributed by atoms with van der Waals surface area (Å²) < 4.78 is 52.2. The molecule has 0 spiro atoms. The van der Waals surface area contributed by atoms with Crippen molar-refractivity contribution in [3.05, 3.63) is 36.5 Å². The third-order valence-electron chi connectivity index (χ3n) is 14.4. The number of esters is 1. The average molecular weight is 818 g/mol. The van der Waals surface area contributed by atoms with Crippen molar-refractivity contribution < 1.29 is 46.5 Å². The Labute approximate surface area is 340 Å². The fourth-order valence-corrected chi connectivity index (χ4v) is 11.6. The summed E-state index contributed by atoms with van der Waals surface area (Å²) in [4.78, 5) is 63.6. The fraction of sp³-hybridized carbons (Fsp3) is 0.659. The third-order valence-corrected chi connectivity index (χ3v) is 16.5. The Bertz CT molecular complexity index is 2140. The van der Waals surface area contributed by atoms with Gasteiger partial charge in [-0.25, -0.2) is 13.4 Å². The van der Waals surface area contributed by atoms with Crippen molar-refractivity contribution in [3.8, 4) is 17.4 Å². The summed E-state index contributed by atoms with van der Waals surface area (Å²) in [5.41, 5.74) is -1.26. The molecule has 4 aliphatic carbocycles. The normalized spacial score (nSPS) is 35.7. The van der Waals surface area contributed by atoms with E-state index in [1.807, 2.05) is 37.3 Å². The van der Waals surface area contributed by atoms with E-state index in [-0.39, 0.29) is 61.4 Å². The molecule has 312 valence electrons. The Hall–Kier alpha value is -4.20. The minimum atomic E-state index is -3.95. The number of hydrogen-bond donors (Lipinski definition) is 1. The average Bonchev–Trinajstić information content (AvgIpc) is 4.15. The molecule has 2 amide bonds. The van der Waals surface area contributed by atoms with Crippen LogP contribution in [0.3, 0.4) is 0 Å². The molecule has 10 atom stereocenters. The van der Waals surface area contributed by atoms with E-state index in [9.17, 15) is 22.8 Å². The topological polar surface area (TPSA) is 168 Å². The van der Waals surface area contributed by atoms with Crippen LogP contribution in [0.5, 0.6) is 17.4 Å². The van der Waals surface area contributed by atoms with Gasteiger partial charge >= 0.3 is 5.97 Å². The molecule has 9 rings (SSSR count). The van der Waals surface area contributed by atoms with Gasteiger partial charge in [0.25, 0.3) is 0 Å². The van der Waals surface area contributed by atoms with Crippen LogP contribution < -0.4 is 18.9 Å². The Balaban J connectivity index is 1.02. The molecule has 13 nitrogen and oxygen atoms in total. The second kappa shape index (κ2) is 14.8. The number of nitrogens with one attached hydrogen (secondary N) is 1. The summed E-state index contributed by atoms with van der Waals surface area (Å²) in [6.07, 6.45) is 11.1. The first-order valence-electron chi connectivity index (χ1n) is 21.3. The van der Waals surface area contributed by atoms with Gasteiger partial charge in [-0.05, 0) is 112 Å². The Kier molecular flexibility index (Phi) is 10.0. The maximum absolute atomic E-state index is 15.0. The number of aromatic nitrogens is 1. The largest absolute Gasteiger partial charge is 0.486 e. The molecule has 4 heterocycles.